The molecule has 0 spiro atoms. The highest BCUT2D eigenvalue weighted by molar-refractivity contribution is 9.10. The second-order valence-electron chi connectivity index (χ2n) is 5.73. The molecule has 3 aromatic rings. The van der Waals surface area contributed by atoms with Crippen molar-refractivity contribution in [2.45, 2.75) is 17.9 Å². The van der Waals surface area contributed by atoms with Crippen LogP contribution in [0.2, 0.25) is 5.02 Å². The minimum Gasteiger partial charge on any atom is -0.382 e. The SMILES string of the molecule is Cc1ccc(S(=O)(=O)n2ccc(Br)c2C(O)c2cc(F)ccc2Cl)cc1. The van der Waals surface area contributed by atoms with E-state index in [0.29, 0.717) is 4.47 Å². The Morgan fingerprint density at radius 2 is 1.81 bits per heavy atom. The molecule has 3 rings (SSSR count). The van der Waals surface area contributed by atoms with Crippen molar-refractivity contribution in [1.29, 1.82) is 0 Å². The van der Waals surface area contributed by atoms with Gasteiger partial charge in [0.25, 0.3) is 10.0 Å². The zero-order valence-electron chi connectivity index (χ0n) is 13.5. The van der Waals surface area contributed by atoms with Crippen molar-refractivity contribution in [2.24, 2.45) is 0 Å². The molecule has 0 aliphatic heterocycles. The number of nitrogens with zero attached hydrogens (tertiary/aromatic N) is 1. The van der Waals surface area contributed by atoms with Crippen LogP contribution in [0.3, 0.4) is 0 Å². The molecule has 0 saturated heterocycles. The smallest absolute Gasteiger partial charge is 0.267 e. The third kappa shape index (κ3) is 3.44. The molecule has 1 unspecified atom stereocenters. The van der Waals surface area contributed by atoms with Crippen molar-refractivity contribution in [3.05, 3.63) is 86.9 Å². The molecular weight excluding hydrogens is 445 g/mol. The second kappa shape index (κ2) is 7.15. The van der Waals surface area contributed by atoms with Gasteiger partial charge in [-0.05, 0) is 59.3 Å². The first kappa shape index (κ1) is 19.1. The lowest BCUT2D eigenvalue weighted by atomic mass is 10.1. The lowest BCUT2D eigenvalue weighted by Crippen LogP contribution is -2.18. The Hall–Kier alpha value is -1.67. The molecule has 0 radical (unpaired) electrons. The van der Waals surface area contributed by atoms with E-state index < -0.39 is 21.9 Å². The van der Waals surface area contributed by atoms with E-state index >= 15 is 0 Å². The normalized spacial score (nSPS) is 13.0. The van der Waals surface area contributed by atoms with E-state index in [2.05, 4.69) is 15.9 Å². The highest BCUT2D eigenvalue weighted by Gasteiger charge is 2.27. The molecule has 0 aliphatic rings. The van der Waals surface area contributed by atoms with E-state index in [9.17, 15) is 17.9 Å². The average molecular weight is 459 g/mol. The van der Waals surface area contributed by atoms with Gasteiger partial charge < -0.3 is 5.11 Å². The van der Waals surface area contributed by atoms with Crippen LogP contribution in [0.4, 0.5) is 4.39 Å². The lowest BCUT2D eigenvalue weighted by molar-refractivity contribution is 0.213. The van der Waals surface area contributed by atoms with Crippen molar-refractivity contribution < 1.29 is 17.9 Å². The van der Waals surface area contributed by atoms with E-state index in [4.69, 9.17) is 11.6 Å². The third-order valence-electron chi connectivity index (χ3n) is 3.93. The highest BCUT2D eigenvalue weighted by atomic mass is 79.9. The van der Waals surface area contributed by atoms with Crippen molar-refractivity contribution in [1.82, 2.24) is 3.97 Å². The molecule has 8 heteroatoms. The number of hydrogen-bond donors (Lipinski definition) is 1. The summed E-state index contributed by atoms with van der Waals surface area (Å²) in [6.07, 6.45) is -0.117. The van der Waals surface area contributed by atoms with Crippen LogP contribution in [0.25, 0.3) is 0 Å². The van der Waals surface area contributed by atoms with E-state index in [1.54, 1.807) is 12.1 Å². The fraction of sp³-hybridized carbons (Fsp3) is 0.111. The fourth-order valence-corrected chi connectivity index (χ4v) is 4.81. The predicted octanol–water partition coefficient (Wildman–Crippen LogP) is 4.67. The van der Waals surface area contributed by atoms with Crippen molar-refractivity contribution in [3.63, 3.8) is 0 Å². The van der Waals surface area contributed by atoms with Gasteiger partial charge in [-0.25, -0.2) is 16.8 Å². The summed E-state index contributed by atoms with van der Waals surface area (Å²) in [4.78, 5) is 0.0741. The van der Waals surface area contributed by atoms with Crippen LogP contribution >= 0.6 is 27.5 Å². The summed E-state index contributed by atoms with van der Waals surface area (Å²) >= 11 is 9.31. The fourth-order valence-electron chi connectivity index (χ4n) is 2.56. The molecule has 0 bridgehead atoms. The van der Waals surface area contributed by atoms with Gasteiger partial charge in [0, 0.05) is 21.3 Å². The van der Waals surface area contributed by atoms with Gasteiger partial charge in [0.2, 0.25) is 0 Å². The molecule has 2 aromatic carbocycles. The Labute approximate surface area is 164 Å². The summed E-state index contributed by atoms with van der Waals surface area (Å²) in [5.41, 5.74) is 1.04. The van der Waals surface area contributed by atoms with Crippen LogP contribution in [0.5, 0.6) is 0 Å². The van der Waals surface area contributed by atoms with Crippen LogP contribution in [-0.4, -0.2) is 17.5 Å². The van der Waals surface area contributed by atoms with Crippen LogP contribution in [0, 0.1) is 12.7 Å². The minimum absolute atomic E-state index is 0.0399. The van der Waals surface area contributed by atoms with E-state index in [0.717, 1.165) is 21.7 Å². The minimum atomic E-state index is -3.95. The number of aryl methyl sites for hydroxylation is 1. The first-order chi connectivity index (χ1) is 12.2. The number of halogens is 3. The lowest BCUT2D eigenvalue weighted by Gasteiger charge is -2.17. The molecular formula is C18H14BrClFNO3S. The predicted molar refractivity (Wildman–Crippen MR) is 101 cm³/mol. The number of rotatable bonds is 4. The van der Waals surface area contributed by atoms with Gasteiger partial charge in [0.1, 0.15) is 11.9 Å². The summed E-state index contributed by atoms with van der Waals surface area (Å²) in [6.45, 7) is 1.85. The average Bonchev–Trinajstić information content (AvgIpc) is 2.99. The Kier molecular flexibility index (Phi) is 5.25. The maximum absolute atomic E-state index is 13.6. The van der Waals surface area contributed by atoms with E-state index in [-0.39, 0.29) is 21.2 Å². The first-order valence-electron chi connectivity index (χ1n) is 7.54. The number of hydrogen-bond acceptors (Lipinski definition) is 3. The second-order valence-corrected chi connectivity index (χ2v) is 8.81. The molecule has 1 atom stereocenters. The molecule has 4 nitrogen and oxygen atoms in total. The molecule has 136 valence electrons. The van der Waals surface area contributed by atoms with Gasteiger partial charge in [-0.2, -0.15) is 0 Å². The van der Waals surface area contributed by atoms with Gasteiger partial charge in [0.05, 0.1) is 10.6 Å². The standard InChI is InChI=1S/C18H14BrClFNO3S/c1-11-2-5-13(6-3-11)26(24,25)22-9-8-15(19)17(22)18(23)14-10-12(21)4-7-16(14)20/h2-10,18,23H,1H3. The van der Waals surface area contributed by atoms with Crippen LogP contribution in [0.1, 0.15) is 22.9 Å². The molecule has 0 saturated carbocycles. The number of aliphatic hydroxyl groups excluding tert-OH is 1. The third-order valence-corrected chi connectivity index (χ3v) is 6.65. The summed E-state index contributed by atoms with van der Waals surface area (Å²) in [5, 5.41) is 10.9. The van der Waals surface area contributed by atoms with Gasteiger partial charge >= 0.3 is 0 Å². The Balaban J connectivity index is 2.15. The topological polar surface area (TPSA) is 59.3 Å². The Bertz CT molecular complexity index is 1060. The number of aliphatic hydroxyl groups is 1. The van der Waals surface area contributed by atoms with Crippen molar-refractivity contribution >= 4 is 37.6 Å². The van der Waals surface area contributed by atoms with Crippen LogP contribution < -0.4 is 0 Å². The van der Waals surface area contributed by atoms with Crippen LogP contribution in [-0.2, 0) is 10.0 Å². The number of aromatic nitrogens is 1. The summed E-state index contributed by atoms with van der Waals surface area (Å²) in [7, 11) is -3.95. The zero-order valence-corrected chi connectivity index (χ0v) is 16.7. The Morgan fingerprint density at radius 1 is 1.15 bits per heavy atom. The highest BCUT2D eigenvalue weighted by Crippen LogP contribution is 2.35. The monoisotopic (exact) mass is 457 g/mol. The summed E-state index contributed by atoms with van der Waals surface area (Å²) in [6, 6.07) is 11.4. The maximum Gasteiger partial charge on any atom is 0.267 e. The van der Waals surface area contributed by atoms with Gasteiger partial charge in [-0.15, -0.1) is 0 Å². The first-order valence-corrected chi connectivity index (χ1v) is 10.1. The van der Waals surface area contributed by atoms with E-state index in [1.807, 2.05) is 6.92 Å². The summed E-state index contributed by atoms with van der Waals surface area (Å²) < 4.78 is 40.9. The van der Waals surface area contributed by atoms with Gasteiger partial charge in [-0.3, -0.25) is 0 Å². The largest absolute Gasteiger partial charge is 0.382 e. The molecule has 1 aromatic heterocycles. The zero-order chi connectivity index (χ0) is 19.1. The van der Waals surface area contributed by atoms with Crippen molar-refractivity contribution in [3.8, 4) is 0 Å². The molecule has 1 heterocycles. The van der Waals surface area contributed by atoms with E-state index in [1.165, 1.54) is 30.5 Å². The van der Waals surface area contributed by atoms with Crippen molar-refractivity contribution in [2.75, 3.05) is 0 Å². The maximum atomic E-state index is 13.6. The van der Waals surface area contributed by atoms with Gasteiger partial charge in [-0.1, -0.05) is 29.3 Å². The molecule has 1 N–H and O–H groups in total. The molecule has 0 fully saturated rings. The molecule has 26 heavy (non-hydrogen) atoms. The number of benzene rings is 2. The van der Waals surface area contributed by atoms with Gasteiger partial charge in [0.15, 0.2) is 0 Å². The Morgan fingerprint density at radius 3 is 2.46 bits per heavy atom. The quantitative estimate of drug-likeness (QED) is 0.618. The van der Waals surface area contributed by atoms with Crippen LogP contribution in [0.15, 0.2) is 64.1 Å². The molecule has 0 amide bonds. The summed E-state index contributed by atoms with van der Waals surface area (Å²) in [5.74, 6) is -0.584. The molecule has 0 aliphatic carbocycles.